The molecule has 0 aliphatic carbocycles. The second-order valence-electron chi connectivity index (χ2n) is 5.41. The minimum Gasteiger partial charge on any atom is -0.375 e. The van der Waals surface area contributed by atoms with Crippen LogP contribution in [0.25, 0.3) is 0 Å². The molecule has 0 radical (unpaired) electrons. The zero-order valence-electron chi connectivity index (χ0n) is 13.5. The predicted octanol–water partition coefficient (Wildman–Crippen LogP) is 2.72. The molecule has 0 fully saturated rings. The molecule has 0 spiro atoms. The Labute approximate surface area is 126 Å². The van der Waals surface area contributed by atoms with Gasteiger partial charge in [0.15, 0.2) is 5.96 Å². The van der Waals surface area contributed by atoms with E-state index in [0.717, 1.165) is 11.5 Å². The highest BCUT2D eigenvalue weighted by Gasteiger charge is 2.13. The first-order chi connectivity index (χ1) is 9.97. The standard InChI is InChI=1S/C16H26FN3O/c1-11(2)12(3)20-16(18-4)19-10-15(21-5)13-6-8-14(17)9-7-13/h6-9,11-12,15H,10H2,1-5H3,(H2,18,19,20). The maximum atomic E-state index is 13.0. The van der Waals surface area contributed by atoms with Gasteiger partial charge in [0.05, 0.1) is 6.10 Å². The molecular weight excluding hydrogens is 269 g/mol. The quantitative estimate of drug-likeness (QED) is 0.626. The number of guanidine groups is 1. The lowest BCUT2D eigenvalue weighted by molar-refractivity contribution is 0.106. The SMILES string of the molecule is CN=C(NCC(OC)c1ccc(F)cc1)NC(C)C(C)C. The van der Waals surface area contributed by atoms with E-state index in [9.17, 15) is 4.39 Å². The zero-order chi connectivity index (χ0) is 15.8. The average Bonchev–Trinajstić information content (AvgIpc) is 2.47. The summed E-state index contributed by atoms with van der Waals surface area (Å²) in [6.45, 7) is 6.99. The Hall–Kier alpha value is -1.62. The highest BCUT2D eigenvalue weighted by molar-refractivity contribution is 5.79. The number of rotatable bonds is 6. The molecule has 0 saturated carbocycles. The van der Waals surface area contributed by atoms with Crippen LogP contribution in [0, 0.1) is 11.7 Å². The van der Waals surface area contributed by atoms with Crippen LogP contribution in [-0.2, 0) is 4.74 Å². The van der Waals surface area contributed by atoms with E-state index in [1.807, 2.05) is 0 Å². The van der Waals surface area contributed by atoms with E-state index in [1.54, 1.807) is 26.3 Å². The second-order valence-corrected chi connectivity index (χ2v) is 5.41. The molecular formula is C16H26FN3O. The number of ether oxygens (including phenoxy) is 1. The van der Waals surface area contributed by atoms with Crippen molar-refractivity contribution in [3.8, 4) is 0 Å². The summed E-state index contributed by atoms with van der Waals surface area (Å²) >= 11 is 0. The number of hydrogen-bond donors (Lipinski definition) is 2. The first-order valence-electron chi connectivity index (χ1n) is 7.23. The average molecular weight is 295 g/mol. The van der Waals surface area contributed by atoms with Gasteiger partial charge in [-0.25, -0.2) is 4.39 Å². The van der Waals surface area contributed by atoms with Crippen molar-refractivity contribution in [3.63, 3.8) is 0 Å². The summed E-state index contributed by atoms with van der Waals surface area (Å²) < 4.78 is 18.4. The third-order valence-corrected chi connectivity index (χ3v) is 3.57. The monoisotopic (exact) mass is 295 g/mol. The van der Waals surface area contributed by atoms with Crippen LogP contribution in [0.5, 0.6) is 0 Å². The third kappa shape index (κ3) is 5.71. The molecule has 0 aliphatic heterocycles. The second kappa shape index (κ2) is 8.62. The Morgan fingerprint density at radius 3 is 2.33 bits per heavy atom. The van der Waals surface area contributed by atoms with Crippen molar-refractivity contribution in [2.24, 2.45) is 10.9 Å². The molecule has 2 atom stereocenters. The van der Waals surface area contributed by atoms with E-state index in [2.05, 4.69) is 36.4 Å². The molecule has 118 valence electrons. The molecule has 2 N–H and O–H groups in total. The molecule has 4 nitrogen and oxygen atoms in total. The fraction of sp³-hybridized carbons (Fsp3) is 0.562. The van der Waals surface area contributed by atoms with E-state index in [-0.39, 0.29) is 11.9 Å². The van der Waals surface area contributed by atoms with Crippen LogP contribution in [-0.4, -0.2) is 32.7 Å². The van der Waals surface area contributed by atoms with Crippen molar-refractivity contribution in [1.29, 1.82) is 0 Å². The van der Waals surface area contributed by atoms with Crippen molar-refractivity contribution >= 4 is 5.96 Å². The van der Waals surface area contributed by atoms with Crippen LogP contribution in [0.15, 0.2) is 29.3 Å². The van der Waals surface area contributed by atoms with Crippen LogP contribution in [0.2, 0.25) is 0 Å². The molecule has 0 bridgehead atoms. The maximum absolute atomic E-state index is 13.0. The Bertz CT molecular complexity index is 445. The first-order valence-corrected chi connectivity index (χ1v) is 7.23. The molecule has 5 heteroatoms. The normalized spacial score (nSPS) is 14.9. The Kier molecular flexibility index (Phi) is 7.15. The van der Waals surface area contributed by atoms with Gasteiger partial charge in [-0.2, -0.15) is 0 Å². The summed E-state index contributed by atoms with van der Waals surface area (Å²) in [5.74, 6) is 1.00. The molecule has 1 rings (SSSR count). The summed E-state index contributed by atoms with van der Waals surface area (Å²) in [7, 11) is 3.38. The van der Waals surface area contributed by atoms with Gasteiger partial charge >= 0.3 is 0 Å². The fourth-order valence-corrected chi connectivity index (χ4v) is 1.78. The van der Waals surface area contributed by atoms with Crippen molar-refractivity contribution in [2.45, 2.75) is 32.9 Å². The number of methoxy groups -OCH3 is 1. The summed E-state index contributed by atoms with van der Waals surface area (Å²) in [5.41, 5.74) is 0.929. The van der Waals surface area contributed by atoms with Gasteiger partial charge in [-0.1, -0.05) is 26.0 Å². The predicted molar refractivity (Wildman–Crippen MR) is 84.9 cm³/mol. The van der Waals surface area contributed by atoms with Gasteiger partial charge in [0, 0.05) is 26.7 Å². The Balaban J connectivity index is 2.59. The number of nitrogens with one attached hydrogen (secondary N) is 2. The smallest absolute Gasteiger partial charge is 0.191 e. The van der Waals surface area contributed by atoms with Gasteiger partial charge in [0.2, 0.25) is 0 Å². The lowest BCUT2D eigenvalue weighted by Crippen LogP contribution is -2.45. The van der Waals surface area contributed by atoms with Gasteiger partial charge in [-0.3, -0.25) is 4.99 Å². The minimum absolute atomic E-state index is 0.154. The maximum Gasteiger partial charge on any atom is 0.191 e. The van der Waals surface area contributed by atoms with Crippen molar-refractivity contribution in [1.82, 2.24) is 10.6 Å². The van der Waals surface area contributed by atoms with Crippen molar-refractivity contribution < 1.29 is 9.13 Å². The van der Waals surface area contributed by atoms with Crippen molar-refractivity contribution in [2.75, 3.05) is 20.7 Å². The molecule has 0 aromatic heterocycles. The lowest BCUT2D eigenvalue weighted by atomic mass is 10.1. The van der Waals surface area contributed by atoms with Gasteiger partial charge in [-0.05, 0) is 30.5 Å². The van der Waals surface area contributed by atoms with Gasteiger partial charge in [0.25, 0.3) is 0 Å². The highest BCUT2D eigenvalue weighted by atomic mass is 19.1. The molecule has 1 aromatic carbocycles. The molecule has 2 unspecified atom stereocenters. The number of halogens is 1. The minimum atomic E-state index is -0.246. The molecule has 0 saturated heterocycles. The number of aliphatic imine (C=N–C) groups is 1. The largest absolute Gasteiger partial charge is 0.375 e. The fourth-order valence-electron chi connectivity index (χ4n) is 1.78. The van der Waals surface area contributed by atoms with Crippen LogP contribution < -0.4 is 10.6 Å². The lowest BCUT2D eigenvalue weighted by Gasteiger charge is -2.23. The van der Waals surface area contributed by atoms with Crippen LogP contribution in [0.1, 0.15) is 32.4 Å². The van der Waals surface area contributed by atoms with Crippen molar-refractivity contribution in [3.05, 3.63) is 35.6 Å². The molecule has 0 heterocycles. The van der Waals surface area contributed by atoms with E-state index < -0.39 is 0 Å². The summed E-state index contributed by atoms with van der Waals surface area (Å²) in [4.78, 5) is 4.20. The summed E-state index contributed by atoms with van der Waals surface area (Å²) in [5, 5.41) is 6.57. The van der Waals surface area contributed by atoms with Crippen LogP contribution in [0.3, 0.4) is 0 Å². The summed E-state index contributed by atoms with van der Waals surface area (Å²) in [6.07, 6.45) is -0.154. The number of hydrogen-bond acceptors (Lipinski definition) is 2. The first kappa shape index (κ1) is 17.4. The number of benzene rings is 1. The molecule has 0 aliphatic rings. The Morgan fingerprint density at radius 2 is 1.86 bits per heavy atom. The topological polar surface area (TPSA) is 45.7 Å². The number of nitrogens with zero attached hydrogens (tertiary/aromatic N) is 1. The van der Waals surface area contributed by atoms with E-state index in [4.69, 9.17) is 4.74 Å². The van der Waals surface area contributed by atoms with E-state index in [1.165, 1.54) is 12.1 Å². The van der Waals surface area contributed by atoms with Gasteiger partial charge in [0.1, 0.15) is 5.82 Å². The molecule has 1 aromatic rings. The molecule has 21 heavy (non-hydrogen) atoms. The van der Waals surface area contributed by atoms with Gasteiger partial charge in [-0.15, -0.1) is 0 Å². The van der Waals surface area contributed by atoms with Crippen LogP contribution in [0.4, 0.5) is 4.39 Å². The summed E-state index contributed by atoms with van der Waals surface area (Å²) in [6, 6.07) is 6.67. The van der Waals surface area contributed by atoms with Gasteiger partial charge < -0.3 is 15.4 Å². The van der Waals surface area contributed by atoms with E-state index in [0.29, 0.717) is 18.5 Å². The zero-order valence-corrected chi connectivity index (χ0v) is 13.5. The van der Waals surface area contributed by atoms with E-state index >= 15 is 0 Å². The Morgan fingerprint density at radius 1 is 1.24 bits per heavy atom. The highest BCUT2D eigenvalue weighted by Crippen LogP contribution is 2.16. The molecule has 0 amide bonds. The third-order valence-electron chi connectivity index (χ3n) is 3.57. The van der Waals surface area contributed by atoms with Crippen LogP contribution >= 0.6 is 0 Å².